The Bertz CT molecular complexity index is 747. The molecule has 0 spiro atoms. The van der Waals surface area contributed by atoms with Crippen molar-refractivity contribution < 1.29 is 19.1 Å². The number of carbonyl (C=O) groups is 2. The highest BCUT2D eigenvalue weighted by molar-refractivity contribution is 9.10. The van der Waals surface area contributed by atoms with Crippen molar-refractivity contribution in [1.29, 1.82) is 0 Å². The zero-order valence-corrected chi connectivity index (χ0v) is 15.6. The van der Waals surface area contributed by atoms with Gasteiger partial charge in [-0.05, 0) is 42.5 Å². The molecule has 0 heterocycles. The van der Waals surface area contributed by atoms with Crippen LogP contribution in [0.4, 0.5) is 0 Å². The maximum atomic E-state index is 12.0. The Labute approximate surface area is 154 Å². The van der Waals surface area contributed by atoms with Crippen molar-refractivity contribution in [3.63, 3.8) is 0 Å². The largest absolute Gasteiger partial charge is 0.497 e. The van der Waals surface area contributed by atoms with Gasteiger partial charge in [-0.3, -0.25) is 9.59 Å². The van der Waals surface area contributed by atoms with Crippen LogP contribution in [0.1, 0.15) is 15.9 Å². The Hall–Kier alpha value is -2.54. The third kappa shape index (κ3) is 5.49. The molecule has 132 valence electrons. The summed E-state index contributed by atoms with van der Waals surface area (Å²) < 4.78 is 11.3. The summed E-state index contributed by atoms with van der Waals surface area (Å²) in [5.74, 6) is 0.727. The average molecular weight is 407 g/mol. The van der Waals surface area contributed by atoms with Crippen molar-refractivity contribution in [3.05, 3.63) is 58.1 Å². The number of hydrogen-bond donors (Lipinski definition) is 2. The minimum absolute atomic E-state index is 0.110. The van der Waals surface area contributed by atoms with Gasteiger partial charge in [0.05, 0.1) is 20.8 Å². The van der Waals surface area contributed by atoms with E-state index in [4.69, 9.17) is 9.47 Å². The summed E-state index contributed by atoms with van der Waals surface area (Å²) in [5.41, 5.74) is 1.28. The zero-order valence-electron chi connectivity index (χ0n) is 14.0. The Balaban J connectivity index is 1.86. The van der Waals surface area contributed by atoms with E-state index < -0.39 is 0 Å². The maximum Gasteiger partial charge on any atom is 0.251 e. The molecule has 0 aromatic heterocycles. The monoisotopic (exact) mass is 406 g/mol. The highest BCUT2D eigenvalue weighted by Crippen LogP contribution is 2.23. The summed E-state index contributed by atoms with van der Waals surface area (Å²) in [6.07, 6.45) is 0. The fourth-order valence-corrected chi connectivity index (χ4v) is 2.40. The SMILES string of the molecule is COc1ccc(OC)c(CNC(=O)CNC(=O)c2ccc(Br)cc2)c1. The second-order valence-corrected chi connectivity index (χ2v) is 6.06. The molecule has 0 bridgehead atoms. The van der Waals surface area contributed by atoms with Gasteiger partial charge in [-0.1, -0.05) is 15.9 Å². The second-order valence-electron chi connectivity index (χ2n) is 5.14. The molecular formula is C18H19BrN2O4. The number of hydrogen-bond acceptors (Lipinski definition) is 4. The lowest BCUT2D eigenvalue weighted by Crippen LogP contribution is -2.36. The minimum atomic E-state index is -0.304. The number of rotatable bonds is 7. The quantitative estimate of drug-likeness (QED) is 0.740. The summed E-state index contributed by atoms with van der Waals surface area (Å²) in [4.78, 5) is 23.9. The topological polar surface area (TPSA) is 76.7 Å². The predicted molar refractivity (Wildman–Crippen MR) is 97.9 cm³/mol. The van der Waals surface area contributed by atoms with Gasteiger partial charge < -0.3 is 20.1 Å². The third-order valence-corrected chi connectivity index (χ3v) is 4.01. The Morgan fingerprint density at radius 2 is 1.72 bits per heavy atom. The molecule has 0 saturated carbocycles. The lowest BCUT2D eigenvalue weighted by Gasteiger charge is -2.12. The van der Waals surface area contributed by atoms with E-state index >= 15 is 0 Å². The lowest BCUT2D eigenvalue weighted by atomic mass is 10.2. The van der Waals surface area contributed by atoms with Gasteiger partial charge in [-0.25, -0.2) is 0 Å². The molecule has 0 aliphatic rings. The van der Waals surface area contributed by atoms with Gasteiger partial charge in [0.25, 0.3) is 5.91 Å². The van der Waals surface area contributed by atoms with Gasteiger partial charge in [0, 0.05) is 22.1 Å². The van der Waals surface area contributed by atoms with Gasteiger partial charge in [-0.15, -0.1) is 0 Å². The molecule has 0 saturated heterocycles. The molecule has 0 aliphatic carbocycles. The Morgan fingerprint density at radius 3 is 2.36 bits per heavy atom. The molecule has 2 aromatic carbocycles. The minimum Gasteiger partial charge on any atom is -0.497 e. The van der Waals surface area contributed by atoms with Crippen LogP contribution in [0, 0.1) is 0 Å². The first-order valence-electron chi connectivity index (χ1n) is 7.55. The van der Waals surface area contributed by atoms with Crippen molar-refractivity contribution in [1.82, 2.24) is 10.6 Å². The molecular weight excluding hydrogens is 388 g/mol. The number of ether oxygens (including phenoxy) is 2. The molecule has 0 unspecified atom stereocenters. The van der Waals surface area contributed by atoms with Gasteiger partial charge >= 0.3 is 0 Å². The van der Waals surface area contributed by atoms with Gasteiger partial charge in [0.15, 0.2) is 0 Å². The van der Waals surface area contributed by atoms with Crippen molar-refractivity contribution in [3.8, 4) is 11.5 Å². The van der Waals surface area contributed by atoms with E-state index in [0.29, 0.717) is 17.1 Å². The molecule has 0 radical (unpaired) electrons. The fourth-order valence-electron chi connectivity index (χ4n) is 2.14. The first-order chi connectivity index (χ1) is 12.0. The molecule has 25 heavy (non-hydrogen) atoms. The van der Waals surface area contributed by atoms with E-state index in [2.05, 4.69) is 26.6 Å². The molecule has 2 N–H and O–H groups in total. The van der Waals surface area contributed by atoms with Gasteiger partial charge in [-0.2, -0.15) is 0 Å². The van der Waals surface area contributed by atoms with Crippen LogP contribution in [-0.2, 0) is 11.3 Å². The highest BCUT2D eigenvalue weighted by Gasteiger charge is 2.10. The Morgan fingerprint density at radius 1 is 1.00 bits per heavy atom. The molecule has 2 aromatic rings. The van der Waals surface area contributed by atoms with E-state index in [1.807, 2.05) is 0 Å². The van der Waals surface area contributed by atoms with Crippen LogP contribution < -0.4 is 20.1 Å². The van der Waals surface area contributed by atoms with Crippen LogP contribution in [0.25, 0.3) is 0 Å². The first-order valence-corrected chi connectivity index (χ1v) is 8.34. The lowest BCUT2D eigenvalue weighted by molar-refractivity contribution is -0.120. The standard InChI is InChI=1S/C18H19BrN2O4/c1-24-15-7-8-16(25-2)13(9-15)10-20-17(22)11-21-18(23)12-3-5-14(19)6-4-12/h3-9H,10-11H2,1-2H3,(H,20,22)(H,21,23). The van der Waals surface area contributed by atoms with Crippen molar-refractivity contribution in [2.24, 2.45) is 0 Å². The number of nitrogens with one attached hydrogen (secondary N) is 2. The molecule has 2 amide bonds. The number of halogens is 1. The van der Waals surface area contributed by atoms with Crippen LogP contribution in [0.5, 0.6) is 11.5 Å². The third-order valence-electron chi connectivity index (χ3n) is 3.48. The van der Waals surface area contributed by atoms with E-state index in [1.54, 1.807) is 56.7 Å². The maximum absolute atomic E-state index is 12.0. The molecule has 6 nitrogen and oxygen atoms in total. The van der Waals surface area contributed by atoms with Crippen molar-refractivity contribution in [2.45, 2.75) is 6.54 Å². The molecule has 0 aliphatic heterocycles. The second kappa shape index (κ2) is 9.08. The molecule has 0 fully saturated rings. The smallest absolute Gasteiger partial charge is 0.251 e. The van der Waals surface area contributed by atoms with E-state index in [-0.39, 0.29) is 24.9 Å². The van der Waals surface area contributed by atoms with Crippen LogP contribution in [0.2, 0.25) is 0 Å². The van der Waals surface area contributed by atoms with E-state index in [0.717, 1.165) is 10.0 Å². The van der Waals surface area contributed by atoms with Gasteiger partial charge in [0.1, 0.15) is 11.5 Å². The van der Waals surface area contributed by atoms with Crippen LogP contribution in [0.15, 0.2) is 46.9 Å². The first kappa shape index (κ1) is 18.8. The Kier molecular flexibility index (Phi) is 6.82. The number of benzene rings is 2. The van der Waals surface area contributed by atoms with Crippen LogP contribution in [-0.4, -0.2) is 32.6 Å². The fraction of sp³-hybridized carbons (Fsp3) is 0.222. The van der Waals surface area contributed by atoms with Gasteiger partial charge in [0.2, 0.25) is 5.91 Å². The molecule has 7 heteroatoms. The summed E-state index contributed by atoms with van der Waals surface area (Å²) in [5, 5.41) is 5.33. The van der Waals surface area contributed by atoms with Crippen molar-refractivity contribution in [2.75, 3.05) is 20.8 Å². The van der Waals surface area contributed by atoms with Crippen LogP contribution in [0.3, 0.4) is 0 Å². The zero-order chi connectivity index (χ0) is 18.2. The number of methoxy groups -OCH3 is 2. The predicted octanol–water partition coefficient (Wildman–Crippen LogP) is 2.51. The highest BCUT2D eigenvalue weighted by atomic mass is 79.9. The number of carbonyl (C=O) groups excluding carboxylic acids is 2. The summed E-state index contributed by atoms with van der Waals surface area (Å²) >= 11 is 3.31. The summed E-state index contributed by atoms with van der Waals surface area (Å²) in [6, 6.07) is 12.2. The van der Waals surface area contributed by atoms with E-state index in [9.17, 15) is 9.59 Å². The average Bonchev–Trinajstić information content (AvgIpc) is 2.64. The van der Waals surface area contributed by atoms with Crippen LogP contribution >= 0.6 is 15.9 Å². The van der Waals surface area contributed by atoms with Crippen molar-refractivity contribution >= 4 is 27.7 Å². The normalized spacial score (nSPS) is 10.0. The summed E-state index contributed by atoms with van der Waals surface area (Å²) in [6.45, 7) is 0.161. The number of amides is 2. The van der Waals surface area contributed by atoms with E-state index in [1.165, 1.54) is 0 Å². The summed E-state index contributed by atoms with van der Waals surface area (Å²) in [7, 11) is 3.13. The molecule has 0 atom stereocenters. The molecule has 2 rings (SSSR count).